The Balaban J connectivity index is 1.94. The van der Waals surface area contributed by atoms with E-state index in [0.717, 1.165) is 14.8 Å². The van der Waals surface area contributed by atoms with E-state index in [1.807, 2.05) is 36.4 Å². The van der Waals surface area contributed by atoms with Gasteiger partial charge in [-0.25, -0.2) is 5.43 Å². The van der Waals surface area contributed by atoms with E-state index in [1.165, 1.54) is 6.21 Å². The minimum absolute atomic E-state index is 0.144. The molecule has 0 heterocycles. The summed E-state index contributed by atoms with van der Waals surface area (Å²) in [5, 5.41) is 17.2. The van der Waals surface area contributed by atoms with Crippen molar-refractivity contribution < 1.29 is 9.90 Å². The molecule has 0 radical (unpaired) electrons. The highest BCUT2D eigenvalue weighted by Gasteiger charge is 2.11. The van der Waals surface area contributed by atoms with Gasteiger partial charge in [0.15, 0.2) is 0 Å². The third-order valence-corrected chi connectivity index (χ3v) is 4.23. The van der Waals surface area contributed by atoms with Crippen LogP contribution in [0, 0.1) is 3.57 Å². The second-order valence-electron chi connectivity index (χ2n) is 5.45. The van der Waals surface area contributed by atoms with Crippen LogP contribution in [0.4, 0.5) is 5.69 Å². The van der Waals surface area contributed by atoms with Crippen molar-refractivity contribution >= 4 is 40.4 Å². The van der Waals surface area contributed by atoms with E-state index in [9.17, 15) is 9.90 Å². The number of rotatable bonds is 7. The number of nitrogens with zero attached hydrogens (tertiary/aromatic N) is 1. The third-order valence-electron chi connectivity index (χ3n) is 3.51. The number of para-hydroxylation sites is 1. The number of hydrogen-bond acceptors (Lipinski definition) is 4. The molecule has 0 spiro atoms. The fourth-order valence-corrected chi connectivity index (χ4v) is 2.52. The summed E-state index contributed by atoms with van der Waals surface area (Å²) in [5.74, 6) is -0.123. The molecule has 25 heavy (non-hydrogen) atoms. The van der Waals surface area contributed by atoms with Crippen LogP contribution in [0.1, 0.15) is 18.1 Å². The normalized spacial score (nSPS) is 11.9. The molecule has 130 valence electrons. The number of carbonyl (C=O) groups is 1. The Labute approximate surface area is 161 Å². The van der Waals surface area contributed by atoms with Crippen LogP contribution in [0.3, 0.4) is 0 Å². The molecule has 0 aliphatic heterocycles. The van der Waals surface area contributed by atoms with E-state index in [-0.39, 0.29) is 11.7 Å². The summed E-state index contributed by atoms with van der Waals surface area (Å²) in [6.45, 7) is 5.42. The van der Waals surface area contributed by atoms with E-state index in [4.69, 9.17) is 0 Å². The molecule has 3 N–H and O–H groups in total. The third kappa shape index (κ3) is 5.60. The van der Waals surface area contributed by atoms with E-state index in [0.29, 0.717) is 12.0 Å². The Morgan fingerprint density at radius 1 is 1.32 bits per heavy atom. The Kier molecular flexibility index (Phi) is 7.00. The second kappa shape index (κ2) is 9.22. The molecular weight excluding hydrogens is 429 g/mol. The number of phenols is 1. The summed E-state index contributed by atoms with van der Waals surface area (Å²) in [6, 6.07) is 12.7. The lowest BCUT2D eigenvalue weighted by Gasteiger charge is -2.13. The quantitative estimate of drug-likeness (QED) is 0.261. The van der Waals surface area contributed by atoms with Gasteiger partial charge >= 0.3 is 0 Å². The van der Waals surface area contributed by atoms with Gasteiger partial charge < -0.3 is 10.4 Å². The summed E-state index contributed by atoms with van der Waals surface area (Å²) in [4.78, 5) is 12.1. The van der Waals surface area contributed by atoms with Gasteiger partial charge in [-0.15, -0.1) is 6.58 Å². The highest BCUT2D eigenvalue weighted by atomic mass is 127. The van der Waals surface area contributed by atoms with Gasteiger partial charge in [0.1, 0.15) is 11.8 Å². The summed E-state index contributed by atoms with van der Waals surface area (Å²) < 4.78 is 1.13. The number of allylic oxidation sites excluding steroid dienone is 1. The fourth-order valence-electron chi connectivity index (χ4n) is 2.16. The molecule has 2 aromatic carbocycles. The Morgan fingerprint density at radius 2 is 2.04 bits per heavy atom. The lowest BCUT2D eigenvalue weighted by molar-refractivity contribution is -0.121. The van der Waals surface area contributed by atoms with E-state index in [2.05, 4.69) is 45.0 Å². The lowest BCUT2D eigenvalue weighted by atomic mass is 10.1. The molecule has 2 aromatic rings. The topological polar surface area (TPSA) is 73.7 Å². The maximum absolute atomic E-state index is 12.1. The number of nitrogens with one attached hydrogen (secondary N) is 2. The van der Waals surface area contributed by atoms with Crippen LogP contribution in [0.2, 0.25) is 0 Å². The van der Waals surface area contributed by atoms with Gasteiger partial charge in [-0.3, -0.25) is 4.79 Å². The zero-order valence-electron chi connectivity index (χ0n) is 13.9. The molecule has 6 heteroatoms. The predicted molar refractivity (Wildman–Crippen MR) is 110 cm³/mol. The maximum Gasteiger partial charge on any atom is 0.262 e. The zero-order valence-corrected chi connectivity index (χ0v) is 16.0. The first-order valence-electron chi connectivity index (χ1n) is 7.78. The Bertz CT molecular complexity index is 773. The highest BCUT2D eigenvalue weighted by Crippen LogP contribution is 2.21. The maximum atomic E-state index is 12.1. The lowest BCUT2D eigenvalue weighted by Crippen LogP contribution is -2.34. The number of benzene rings is 2. The second-order valence-corrected chi connectivity index (χ2v) is 6.70. The molecular formula is C19H20IN3O2. The largest absolute Gasteiger partial charge is 0.507 e. The van der Waals surface area contributed by atoms with E-state index < -0.39 is 6.04 Å². The van der Waals surface area contributed by atoms with Crippen LogP contribution < -0.4 is 10.7 Å². The summed E-state index contributed by atoms with van der Waals surface area (Å²) in [5.41, 5.74) is 4.64. The summed E-state index contributed by atoms with van der Waals surface area (Å²) in [6.07, 6.45) is 3.71. The van der Waals surface area contributed by atoms with Gasteiger partial charge in [-0.2, -0.15) is 5.10 Å². The number of amides is 1. The van der Waals surface area contributed by atoms with Crippen molar-refractivity contribution in [3.05, 3.63) is 69.8 Å². The molecule has 0 aromatic heterocycles. The zero-order chi connectivity index (χ0) is 18.2. The Hall–Kier alpha value is -2.35. The van der Waals surface area contributed by atoms with Crippen molar-refractivity contribution in [1.82, 2.24) is 5.43 Å². The number of phenolic OH excluding ortho intramolecular Hbond substituents is 1. The standard InChI is InChI=1S/C19H20IN3O2/c1-3-5-14-6-4-7-15(18(14)24)12-21-23-19(25)13(2)22-17-10-8-16(20)9-11-17/h3-4,6-13,22,24H,1,5H2,2H3,(H,23,25). The van der Waals surface area contributed by atoms with E-state index in [1.54, 1.807) is 19.1 Å². The Morgan fingerprint density at radius 3 is 2.72 bits per heavy atom. The van der Waals surface area contributed by atoms with E-state index >= 15 is 0 Å². The molecule has 5 nitrogen and oxygen atoms in total. The molecule has 1 atom stereocenters. The van der Waals surface area contributed by atoms with Gasteiger partial charge in [0.25, 0.3) is 5.91 Å². The van der Waals surface area contributed by atoms with Crippen molar-refractivity contribution in [2.24, 2.45) is 5.10 Å². The molecule has 0 saturated heterocycles. The number of carbonyl (C=O) groups excluding carboxylic acids is 1. The van der Waals surface area contributed by atoms with Gasteiger partial charge in [-0.1, -0.05) is 18.2 Å². The first-order valence-corrected chi connectivity index (χ1v) is 8.86. The van der Waals surface area contributed by atoms with Crippen LogP contribution in [-0.2, 0) is 11.2 Å². The predicted octanol–water partition coefficient (Wildman–Crippen LogP) is 3.68. The number of anilines is 1. The highest BCUT2D eigenvalue weighted by molar-refractivity contribution is 14.1. The molecule has 0 aliphatic carbocycles. The minimum Gasteiger partial charge on any atom is -0.507 e. The number of hydrogen-bond donors (Lipinski definition) is 3. The number of hydrazone groups is 1. The average molecular weight is 449 g/mol. The number of aromatic hydroxyl groups is 1. The van der Waals surface area contributed by atoms with Gasteiger partial charge in [0, 0.05) is 14.8 Å². The van der Waals surface area contributed by atoms with Crippen molar-refractivity contribution in [1.29, 1.82) is 0 Å². The molecule has 0 aliphatic rings. The van der Waals surface area contributed by atoms with Crippen LogP contribution in [0.25, 0.3) is 0 Å². The van der Waals surface area contributed by atoms with Crippen molar-refractivity contribution in [3.8, 4) is 5.75 Å². The molecule has 1 amide bonds. The molecule has 2 rings (SSSR count). The smallest absolute Gasteiger partial charge is 0.262 e. The van der Waals surface area contributed by atoms with Crippen LogP contribution in [0.15, 0.2) is 60.2 Å². The van der Waals surface area contributed by atoms with Crippen molar-refractivity contribution in [2.45, 2.75) is 19.4 Å². The van der Waals surface area contributed by atoms with Crippen molar-refractivity contribution in [2.75, 3.05) is 5.32 Å². The first kappa shape index (κ1) is 19.0. The van der Waals surface area contributed by atoms with Crippen LogP contribution in [0.5, 0.6) is 5.75 Å². The first-order chi connectivity index (χ1) is 12.0. The molecule has 0 bridgehead atoms. The number of halogens is 1. The fraction of sp³-hybridized carbons (Fsp3) is 0.158. The molecule has 0 fully saturated rings. The summed E-state index contributed by atoms with van der Waals surface area (Å²) in [7, 11) is 0. The average Bonchev–Trinajstić information content (AvgIpc) is 2.60. The summed E-state index contributed by atoms with van der Waals surface area (Å²) >= 11 is 2.23. The monoisotopic (exact) mass is 449 g/mol. The van der Waals surface area contributed by atoms with Gasteiger partial charge in [0.05, 0.1) is 6.21 Å². The van der Waals surface area contributed by atoms with Crippen molar-refractivity contribution in [3.63, 3.8) is 0 Å². The minimum atomic E-state index is -0.446. The van der Waals surface area contributed by atoms with Gasteiger partial charge in [-0.05, 0) is 71.8 Å². The SMILES string of the molecule is C=CCc1cccc(C=NNC(=O)C(C)Nc2ccc(I)cc2)c1O. The molecule has 1 unspecified atom stereocenters. The van der Waals surface area contributed by atoms with Gasteiger partial charge in [0.2, 0.25) is 0 Å². The molecule has 0 saturated carbocycles. The van der Waals surface area contributed by atoms with Crippen LogP contribution in [-0.4, -0.2) is 23.3 Å². The van der Waals surface area contributed by atoms with Crippen LogP contribution >= 0.6 is 22.6 Å².